The van der Waals surface area contributed by atoms with Crippen molar-refractivity contribution >= 4 is 11.8 Å². The average Bonchev–Trinajstić information content (AvgIpc) is 3.54. The van der Waals surface area contributed by atoms with Gasteiger partial charge in [-0.2, -0.15) is 0 Å². The molecule has 0 aliphatic heterocycles. The van der Waals surface area contributed by atoms with Crippen LogP contribution in [0.2, 0.25) is 0 Å². The quantitative estimate of drug-likeness (QED) is 0.370. The second-order valence-electron chi connectivity index (χ2n) is 8.02. The molecule has 0 aromatic rings. The summed E-state index contributed by atoms with van der Waals surface area (Å²) >= 11 is 0. The van der Waals surface area contributed by atoms with Gasteiger partial charge < -0.3 is 10.2 Å². The number of hydrogen-bond acceptors (Lipinski definition) is 2. The van der Waals surface area contributed by atoms with E-state index in [1.54, 1.807) is 0 Å². The van der Waals surface area contributed by atoms with E-state index < -0.39 is 0 Å². The summed E-state index contributed by atoms with van der Waals surface area (Å²) in [4.78, 5) is 25.0. The van der Waals surface area contributed by atoms with Crippen LogP contribution in [0.5, 0.6) is 0 Å². The van der Waals surface area contributed by atoms with Crippen molar-refractivity contribution < 1.29 is 9.59 Å². The summed E-state index contributed by atoms with van der Waals surface area (Å²) in [5.41, 5.74) is 0. The van der Waals surface area contributed by atoms with E-state index in [-0.39, 0.29) is 17.9 Å². The summed E-state index contributed by atoms with van der Waals surface area (Å²) in [6, 6.07) is 0.732. The first-order chi connectivity index (χ1) is 15.0. The lowest BCUT2D eigenvalue weighted by atomic mass is 10.1. The Morgan fingerprint density at radius 1 is 1.00 bits per heavy atom. The van der Waals surface area contributed by atoms with Crippen molar-refractivity contribution in [1.82, 2.24) is 10.2 Å². The first-order valence-corrected chi connectivity index (χ1v) is 11.9. The van der Waals surface area contributed by atoms with Gasteiger partial charge in [-0.3, -0.25) is 9.59 Å². The lowest BCUT2D eigenvalue weighted by molar-refractivity contribution is -0.133. The molecule has 31 heavy (non-hydrogen) atoms. The molecule has 1 saturated carbocycles. The van der Waals surface area contributed by atoms with Gasteiger partial charge in [-0.05, 0) is 39.5 Å². The molecule has 0 atom stereocenters. The monoisotopic (exact) mass is 426 g/mol. The fraction of sp³-hybridized carbons (Fsp3) is 0.704. The molecule has 0 bridgehead atoms. The van der Waals surface area contributed by atoms with E-state index in [9.17, 15) is 9.59 Å². The zero-order valence-electron chi connectivity index (χ0n) is 20.2. The second-order valence-corrected chi connectivity index (χ2v) is 8.02. The van der Waals surface area contributed by atoms with Crippen molar-refractivity contribution in [1.29, 1.82) is 0 Å². The highest BCUT2D eigenvalue weighted by molar-refractivity contribution is 5.76. The molecule has 0 radical (unpaired) electrons. The minimum atomic E-state index is 0.176. The number of nitrogens with one attached hydrogen (secondary N) is 1. The third kappa shape index (κ3) is 18.1. The van der Waals surface area contributed by atoms with E-state index in [0.717, 1.165) is 51.4 Å². The Labute approximate surface area is 191 Å². The number of carbonyl (C=O) groups excluding carboxylic acids is 2. The van der Waals surface area contributed by atoms with Crippen molar-refractivity contribution in [2.24, 2.45) is 0 Å². The molecule has 1 aliphatic rings. The topological polar surface area (TPSA) is 49.4 Å². The molecule has 4 heteroatoms. The molecule has 0 aromatic heterocycles. The number of hydrogen-bond donors (Lipinski definition) is 1. The number of nitrogens with zero attached hydrogens (tertiary/aromatic N) is 1. The van der Waals surface area contributed by atoms with Gasteiger partial charge in [-0.15, -0.1) is 24.2 Å². The number of amides is 2. The fourth-order valence-corrected chi connectivity index (χ4v) is 2.77. The highest BCUT2D eigenvalue weighted by atomic mass is 16.2. The molecular weight excluding hydrogens is 384 g/mol. The van der Waals surface area contributed by atoms with Gasteiger partial charge in [-0.1, -0.05) is 38.5 Å². The van der Waals surface area contributed by atoms with E-state index >= 15 is 0 Å². The third-order valence-corrected chi connectivity index (χ3v) is 4.69. The van der Waals surface area contributed by atoms with Gasteiger partial charge in [0.1, 0.15) is 0 Å². The van der Waals surface area contributed by atoms with Crippen LogP contribution in [-0.2, 0) is 9.59 Å². The molecule has 0 aromatic carbocycles. The summed E-state index contributed by atoms with van der Waals surface area (Å²) in [5.74, 6) is 15.0. The Kier molecular flexibility index (Phi) is 18.1. The zero-order chi connectivity index (χ0) is 23.3. The number of terminal acetylenes is 1. The van der Waals surface area contributed by atoms with Gasteiger partial charge in [0.25, 0.3) is 0 Å². The summed E-state index contributed by atoms with van der Waals surface area (Å²) in [6.45, 7) is 8.93. The van der Waals surface area contributed by atoms with Gasteiger partial charge in [-0.25, -0.2) is 0 Å². The fourth-order valence-electron chi connectivity index (χ4n) is 2.77. The number of unbranched alkanes of at least 4 members (excludes halogenated alkanes) is 3. The summed E-state index contributed by atoms with van der Waals surface area (Å²) in [5, 5.41) is 2.96. The summed E-state index contributed by atoms with van der Waals surface area (Å²) in [6.07, 6.45) is 15.9. The molecule has 172 valence electrons. The van der Waals surface area contributed by atoms with Crippen LogP contribution in [0.4, 0.5) is 0 Å². The maximum atomic E-state index is 11.8. The number of rotatable bonds is 11. The Hall–Kier alpha value is -2.38. The van der Waals surface area contributed by atoms with Crippen LogP contribution in [0.15, 0.2) is 0 Å². The molecule has 0 spiro atoms. The smallest absolute Gasteiger partial charge is 0.222 e. The van der Waals surface area contributed by atoms with Crippen LogP contribution >= 0.6 is 0 Å². The van der Waals surface area contributed by atoms with E-state index in [0.29, 0.717) is 38.3 Å². The minimum absolute atomic E-state index is 0.176. The maximum Gasteiger partial charge on any atom is 0.222 e. The Bertz CT molecular complexity index is 663. The Morgan fingerprint density at radius 2 is 1.71 bits per heavy atom. The first-order valence-electron chi connectivity index (χ1n) is 11.9. The molecule has 0 saturated heterocycles. The molecule has 1 fully saturated rings. The predicted octanol–water partition coefficient (Wildman–Crippen LogP) is 5.07. The Balaban J connectivity index is 0.000000582. The van der Waals surface area contributed by atoms with Crippen LogP contribution in [0, 0.1) is 36.0 Å². The van der Waals surface area contributed by atoms with Gasteiger partial charge in [0, 0.05) is 50.7 Å². The van der Waals surface area contributed by atoms with Gasteiger partial charge in [0.15, 0.2) is 0 Å². The molecule has 1 rings (SSSR count). The van der Waals surface area contributed by atoms with Crippen molar-refractivity contribution in [3.63, 3.8) is 0 Å². The highest BCUT2D eigenvalue weighted by Gasteiger charge is 2.22. The molecule has 4 nitrogen and oxygen atoms in total. The molecular formula is C27H42N2O2. The van der Waals surface area contributed by atoms with Crippen molar-refractivity contribution in [2.75, 3.05) is 6.54 Å². The third-order valence-electron chi connectivity index (χ3n) is 4.69. The SMILES string of the molecule is C#CCCN(C(=O)CCCCC)C(C)C.CCC#CCC#CCCCC(=O)NC1CC1. The van der Waals surface area contributed by atoms with Crippen molar-refractivity contribution in [2.45, 2.75) is 117 Å². The lowest BCUT2D eigenvalue weighted by Crippen LogP contribution is -2.37. The normalized spacial score (nSPS) is 11.6. The standard InChI is InChI=1S/C14H19NO.C13H23NO/c1-2-3-4-5-6-7-8-9-10-14(16)15-13-11-12-13;1-5-7-9-10-13(15)14(12(3)4)11-8-6-2/h13H,2,5,8-12H2,1H3,(H,15,16);2,12H,5,7-11H2,1,3-4H3. The van der Waals surface area contributed by atoms with Gasteiger partial charge in [0.05, 0.1) is 6.42 Å². The molecule has 0 heterocycles. The van der Waals surface area contributed by atoms with Crippen LogP contribution in [-0.4, -0.2) is 35.3 Å². The van der Waals surface area contributed by atoms with Gasteiger partial charge in [0.2, 0.25) is 11.8 Å². The first kappa shape index (κ1) is 28.6. The van der Waals surface area contributed by atoms with Crippen LogP contribution in [0.1, 0.15) is 105 Å². The maximum absolute atomic E-state index is 11.8. The lowest BCUT2D eigenvalue weighted by Gasteiger charge is -2.26. The molecule has 1 N–H and O–H groups in total. The summed E-state index contributed by atoms with van der Waals surface area (Å²) < 4.78 is 0. The van der Waals surface area contributed by atoms with Gasteiger partial charge >= 0.3 is 0 Å². The van der Waals surface area contributed by atoms with E-state index in [4.69, 9.17) is 6.42 Å². The molecule has 0 unspecified atom stereocenters. The van der Waals surface area contributed by atoms with E-state index in [1.165, 1.54) is 0 Å². The predicted molar refractivity (Wildman–Crippen MR) is 130 cm³/mol. The van der Waals surface area contributed by atoms with Crippen LogP contribution < -0.4 is 5.32 Å². The van der Waals surface area contributed by atoms with Crippen LogP contribution in [0.25, 0.3) is 0 Å². The van der Waals surface area contributed by atoms with E-state index in [1.807, 2.05) is 25.7 Å². The highest BCUT2D eigenvalue weighted by Crippen LogP contribution is 2.18. The molecule has 1 aliphatic carbocycles. The number of carbonyl (C=O) groups is 2. The average molecular weight is 427 g/mol. The summed E-state index contributed by atoms with van der Waals surface area (Å²) in [7, 11) is 0. The largest absolute Gasteiger partial charge is 0.353 e. The zero-order valence-corrected chi connectivity index (χ0v) is 20.2. The molecule has 2 amide bonds. The Morgan fingerprint density at radius 3 is 2.29 bits per heavy atom. The second kappa shape index (κ2) is 19.6. The minimum Gasteiger partial charge on any atom is -0.353 e. The van der Waals surface area contributed by atoms with Crippen molar-refractivity contribution in [3.8, 4) is 36.0 Å². The van der Waals surface area contributed by atoms with Crippen LogP contribution in [0.3, 0.4) is 0 Å². The van der Waals surface area contributed by atoms with Crippen molar-refractivity contribution in [3.05, 3.63) is 0 Å². The van der Waals surface area contributed by atoms with E-state index in [2.05, 4.69) is 41.8 Å².